The van der Waals surface area contributed by atoms with Crippen molar-refractivity contribution in [1.82, 2.24) is 15.2 Å². The van der Waals surface area contributed by atoms with E-state index in [0.29, 0.717) is 22.2 Å². The first-order valence-corrected chi connectivity index (χ1v) is 10.6. The van der Waals surface area contributed by atoms with E-state index in [2.05, 4.69) is 4.98 Å². The van der Waals surface area contributed by atoms with Gasteiger partial charge in [0.15, 0.2) is 6.61 Å². The van der Waals surface area contributed by atoms with Crippen molar-refractivity contribution in [1.29, 1.82) is 0 Å². The number of halogens is 3. The summed E-state index contributed by atoms with van der Waals surface area (Å²) in [5.41, 5.74) is 6.33. The van der Waals surface area contributed by atoms with E-state index >= 15 is 0 Å². The maximum absolute atomic E-state index is 12.6. The van der Waals surface area contributed by atoms with Gasteiger partial charge in [0.2, 0.25) is 6.41 Å². The van der Waals surface area contributed by atoms with Crippen LogP contribution in [-0.2, 0) is 14.3 Å². The highest BCUT2D eigenvalue weighted by atomic mass is 35.5. The van der Waals surface area contributed by atoms with Crippen LogP contribution in [0.1, 0.15) is 10.4 Å². The number of aromatic nitrogens is 1. The Morgan fingerprint density at radius 3 is 2.35 bits per heavy atom. The topological polar surface area (TPSA) is 132 Å². The molecule has 3 N–H and O–H groups in total. The summed E-state index contributed by atoms with van der Waals surface area (Å²) in [5.74, 6) is -1.64. The molecule has 0 saturated carbocycles. The number of hydrogen-bond donors (Lipinski definition) is 2. The van der Waals surface area contributed by atoms with Crippen LogP contribution in [0, 0.1) is 0 Å². The molecule has 3 aromatic rings. The van der Waals surface area contributed by atoms with Gasteiger partial charge in [-0.05, 0) is 24.3 Å². The fraction of sp³-hybridized carbons (Fsp3) is 0.136. The second kappa shape index (κ2) is 12.2. The molecule has 1 aromatic heterocycles. The molecule has 4 amide bonds. The first-order chi connectivity index (χ1) is 16.0. The molecule has 0 fully saturated rings. The van der Waals surface area contributed by atoms with Gasteiger partial charge in [0, 0.05) is 25.0 Å². The highest BCUT2D eigenvalue weighted by molar-refractivity contribution is 6.49. The summed E-state index contributed by atoms with van der Waals surface area (Å²) in [4.78, 5) is 50.2. The van der Waals surface area contributed by atoms with Gasteiger partial charge >= 0.3 is 12.0 Å². The number of pyridine rings is 1. The van der Waals surface area contributed by atoms with Crippen LogP contribution in [-0.4, -0.2) is 54.9 Å². The molecule has 1 heterocycles. The molecule has 9 nitrogen and oxygen atoms in total. The molecule has 0 unspecified atom stereocenters. The van der Waals surface area contributed by atoms with Gasteiger partial charge in [0.25, 0.3) is 5.91 Å². The van der Waals surface area contributed by atoms with Crippen LogP contribution < -0.4 is 11.1 Å². The third-order valence-electron chi connectivity index (χ3n) is 4.06. The van der Waals surface area contributed by atoms with Crippen LogP contribution in [0.2, 0.25) is 15.1 Å². The molecule has 34 heavy (non-hydrogen) atoms. The standard InChI is InChI=1S/C19H12Cl3N3O4.C3H7NO/c20-12-6-5-10(16(21)17(12)22)14-7-11(9-3-1-2-4-13(9)24-14)18(27)29-8-15(26)25-19(23)28;1-4(2)3-5/h1-7H,8H2,(H3,23,25,26,28);3H,1-2H3. The summed E-state index contributed by atoms with van der Waals surface area (Å²) in [5, 5.41) is 2.94. The molecule has 0 radical (unpaired) electrons. The number of ether oxygens (including phenoxy) is 1. The fourth-order valence-electron chi connectivity index (χ4n) is 2.59. The highest BCUT2D eigenvalue weighted by Gasteiger charge is 2.19. The third-order valence-corrected chi connectivity index (χ3v) is 5.35. The van der Waals surface area contributed by atoms with E-state index in [1.807, 2.05) is 5.32 Å². The number of urea groups is 1. The molecule has 0 atom stereocenters. The number of fused-ring (bicyclic) bond motifs is 1. The van der Waals surface area contributed by atoms with Crippen molar-refractivity contribution >= 4 is 70.0 Å². The third kappa shape index (κ3) is 7.05. The number of hydrogen-bond acceptors (Lipinski definition) is 6. The van der Waals surface area contributed by atoms with Crippen molar-refractivity contribution in [2.45, 2.75) is 0 Å². The Kier molecular flexibility index (Phi) is 9.61. The number of nitrogens with zero attached hydrogens (tertiary/aromatic N) is 2. The van der Waals surface area contributed by atoms with Crippen molar-refractivity contribution in [3.63, 3.8) is 0 Å². The molecular weight excluding hydrogens is 507 g/mol. The van der Waals surface area contributed by atoms with E-state index in [0.717, 1.165) is 6.41 Å². The molecule has 0 spiro atoms. The first kappa shape index (κ1) is 26.8. The Labute approximate surface area is 209 Å². The number of imide groups is 1. The Balaban J connectivity index is 0.000000739. The molecule has 0 aliphatic heterocycles. The van der Waals surface area contributed by atoms with Crippen molar-refractivity contribution in [3.05, 3.63) is 63.1 Å². The summed E-state index contributed by atoms with van der Waals surface area (Å²) in [6.45, 7) is -0.679. The van der Waals surface area contributed by atoms with Gasteiger partial charge in [-0.3, -0.25) is 14.9 Å². The fourth-order valence-corrected chi connectivity index (χ4v) is 3.22. The predicted octanol–water partition coefficient (Wildman–Crippen LogP) is 3.92. The van der Waals surface area contributed by atoms with Crippen LogP contribution >= 0.6 is 34.8 Å². The number of rotatable bonds is 5. The molecule has 0 aliphatic carbocycles. The lowest BCUT2D eigenvalue weighted by molar-refractivity contribution is -0.123. The van der Waals surface area contributed by atoms with Gasteiger partial charge in [0.1, 0.15) is 0 Å². The van der Waals surface area contributed by atoms with Gasteiger partial charge in [-0.2, -0.15) is 0 Å². The van der Waals surface area contributed by atoms with E-state index in [1.54, 1.807) is 50.5 Å². The molecule has 0 bridgehead atoms. The smallest absolute Gasteiger partial charge is 0.339 e. The first-order valence-electron chi connectivity index (χ1n) is 9.47. The Bertz CT molecular complexity index is 1250. The molecular formula is C22H19Cl3N4O5. The number of amides is 4. The van der Waals surface area contributed by atoms with Crippen LogP contribution in [0.25, 0.3) is 22.2 Å². The van der Waals surface area contributed by atoms with Gasteiger partial charge in [-0.1, -0.05) is 53.0 Å². The zero-order valence-corrected chi connectivity index (χ0v) is 20.2. The van der Waals surface area contributed by atoms with Gasteiger partial charge < -0.3 is 15.4 Å². The largest absolute Gasteiger partial charge is 0.452 e. The van der Waals surface area contributed by atoms with Gasteiger partial charge in [0.05, 0.1) is 31.8 Å². The van der Waals surface area contributed by atoms with Crippen LogP contribution in [0.15, 0.2) is 42.5 Å². The van der Waals surface area contributed by atoms with E-state index < -0.39 is 24.5 Å². The number of esters is 1. The minimum absolute atomic E-state index is 0.152. The number of carbonyl (C=O) groups excluding carboxylic acids is 4. The number of nitrogens with two attached hydrogens (primary N) is 1. The predicted molar refractivity (Wildman–Crippen MR) is 130 cm³/mol. The summed E-state index contributed by atoms with van der Waals surface area (Å²) < 4.78 is 5.00. The quantitative estimate of drug-likeness (QED) is 0.295. The minimum Gasteiger partial charge on any atom is -0.452 e. The van der Waals surface area contributed by atoms with Crippen LogP contribution in [0.5, 0.6) is 0 Å². The second-order valence-electron chi connectivity index (χ2n) is 6.85. The Morgan fingerprint density at radius 1 is 1.09 bits per heavy atom. The van der Waals surface area contributed by atoms with Crippen molar-refractivity contribution < 1.29 is 23.9 Å². The van der Waals surface area contributed by atoms with Crippen molar-refractivity contribution in [2.75, 3.05) is 20.7 Å². The molecule has 12 heteroatoms. The lowest BCUT2D eigenvalue weighted by Crippen LogP contribution is -2.37. The van der Waals surface area contributed by atoms with E-state index in [9.17, 15) is 19.2 Å². The van der Waals surface area contributed by atoms with Gasteiger partial charge in [-0.15, -0.1) is 0 Å². The Morgan fingerprint density at radius 2 is 1.74 bits per heavy atom. The monoisotopic (exact) mass is 524 g/mol. The maximum Gasteiger partial charge on any atom is 0.339 e. The zero-order valence-electron chi connectivity index (χ0n) is 18.0. The van der Waals surface area contributed by atoms with Crippen LogP contribution in [0.4, 0.5) is 4.79 Å². The van der Waals surface area contributed by atoms with E-state index in [4.69, 9.17) is 45.3 Å². The summed E-state index contributed by atoms with van der Waals surface area (Å²) in [6, 6.07) is 10.5. The van der Waals surface area contributed by atoms with E-state index in [-0.39, 0.29) is 20.6 Å². The summed E-state index contributed by atoms with van der Waals surface area (Å²) in [7, 11) is 3.38. The maximum atomic E-state index is 12.6. The van der Waals surface area contributed by atoms with Gasteiger partial charge in [-0.25, -0.2) is 14.6 Å². The molecule has 3 rings (SSSR count). The molecule has 178 valence electrons. The zero-order chi connectivity index (χ0) is 25.4. The summed E-state index contributed by atoms with van der Waals surface area (Å²) in [6.07, 6.45) is 0.750. The average Bonchev–Trinajstić information content (AvgIpc) is 2.80. The van der Waals surface area contributed by atoms with Crippen molar-refractivity contribution in [3.8, 4) is 11.3 Å². The van der Waals surface area contributed by atoms with E-state index in [1.165, 1.54) is 11.0 Å². The normalized spacial score (nSPS) is 10.0. The molecule has 0 aliphatic rings. The number of carbonyl (C=O) groups is 4. The highest BCUT2D eigenvalue weighted by Crippen LogP contribution is 2.38. The number of para-hydroxylation sites is 1. The minimum atomic E-state index is -1.04. The second-order valence-corrected chi connectivity index (χ2v) is 8.02. The van der Waals surface area contributed by atoms with Crippen molar-refractivity contribution in [2.24, 2.45) is 5.73 Å². The lowest BCUT2D eigenvalue weighted by atomic mass is 10.0. The van der Waals surface area contributed by atoms with Crippen LogP contribution in [0.3, 0.4) is 0 Å². The number of primary amides is 1. The number of nitrogens with one attached hydrogen (secondary N) is 1. The summed E-state index contributed by atoms with van der Waals surface area (Å²) >= 11 is 18.4. The lowest BCUT2D eigenvalue weighted by Gasteiger charge is -2.12. The molecule has 2 aromatic carbocycles. The SMILES string of the molecule is CN(C)C=O.NC(=O)NC(=O)COC(=O)c1cc(-c2ccc(Cl)c(Cl)c2Cl)nc2ccccc12. The average molecular weight is 526 g/mol. The number of benzene rings is 2. The molecule has 0 saturated heterocycles. The Hall–Kier alpha value is -3.40.